The molecule has 1 aromatic heterocycles. The summed E-state index contributed by atoms with van der Waals surface area (Å²) in [6, 6.07) is 14.3. The number of carbonyl (C=O) groups excluding carboxylic acids is 1. The number of ether oxygens (including phenoxy) is 1. The van der Waals surface area contributed by atoms with Crippen LogP contribution in [0.1, 0.15) is 23.9 Å². The van der Waals surface area contributed by atoms with Crippen LogP contribution in [0.3, 0.4) is 0 Å². The third kappa shape index (κ3) is 5.79. The van der Waals surface area contributed by atoms with Crippen LogP contribution in [0.2, 0.25) is 0 Å². The summed E-state index contributed by atoms with van der Waals surface area (Å²) >= 11 is 0. The Bertz CT molecular complexity index is 1200. The molecule has 0 unspecified atom stereocenters. The van der Waals surface area contributed by atoms with E-state index in [4.69, 9.17) is 4.74 Å². The lowest BCUT2D eigenvalue weighted by Crippen LogP contribution is -2.20. The predicted molar refractivity (Wildman–Crippen MR) is 118 cm³/mol. The van der Waals surface area contributed by atoms with E-state index >= 15 is 0 Å². The van der Waals surface area contributed by atoms with Crippen LogP contribution in [0.5, 0.6) is 11.6 Å². The van der Waals surface area contributed by atoms with Crippen molar-refractivity contribution >= 4 is 29.4 Å². The van der Waals surface area contributed by atoms with Gasteiger partial charge in [0, 0.05) is 5.69 Å². The highest BCUT2D eigenvalue weighted by atomic mass is 16.6. The van der Waals surface area contributed by atoms with Crippen molar-refractivity contribution in [2.45, 2.75) is 13.3 Å². The van der Waals surface area contributed by atoms with Gasteiger partial charge in [-0.1, -0.05) is 37.3 Å². The number of rotatable bonds is 8. The van der Waals surface area contributed by atoms with E-state index in [0.717, 1.165) is 6.42 Å². The minimum atomic E-state index is -1.05. The second kappa shape index (κ2) is 10.0. The van der Waals surface area contributed by atoms with Crippen LogP contribution in [-0.4, -0.2) is 32.5 Å². The van der Waals surface area contributed by atoms with Crippen LogP contribution in [0.15, 0.2) is 53.3 Å². The molecule has 1 amide bonds. The van der Waals surface area contributed by atoms with Gasteiger partial charge < -0.3 is 20.1 Å². The summed E-state index contributed by atoms with van der Waals surface area (Å²) < 4.78 is 5.48. The monoisotopic (exact) mass is 436 g/mol. The maximum atomic E-state index is 12.0. The number of nitrogens with one attached hydrogen (secondary N) is 2. The zero-order valence-corrected chi connectivity index (χ0v) is 17.1. The summed E-state index contributed by atoms with van der Waals surface area (Å²) in [5, 5.41) is 23.0. The zero-order chi connectivity index (χ0) is 23.1. The van der Waals surface area contributed by atoms with Gasteiger partial charge in [0.25, 0.3) is 11.8 Å². The largest absolute Gasteiger partial charge is 0.488 e. The minimum absolute atomic E-state index is 0.0398. The molecule has 0 atom stereocenters. The van der Waals surface area contributed by atoms with Gasteiger partial charge in [-0.2, -0.15) is 4.98 Å². The highest BCUT2D eigenvalue weighted by molar-refractivity contribution is 5.91. The number of hydrogen-bond donors (Lipinski definition) is 3. The summed E-state index contributed by atoms with van der Waals surface area (Å²) in [5.41, 5.74) is 0.524. The van der Waals surface area contributed by atoms with E-state index in [1.807, 2.05) is 24.3 Å². The SMILES string of the molecule is CCc1ccc(NC(=O)COc2ccc(/C=C/c3nc(O)c([N+](=O)[O-])c(=O)[nH]3)cc2)cc1. The van der Waals surface area contributed by atoms with E-state index in [2.05, 4.69) is 22.2 Å². The molecule has 2 aromatic carbocycles. The van der Waals surface area contributed by atoms with Crippen molar-refractivity contribution in [1.29, 1.82) is 0 Å². The predicted octanol–water partition coefficient (Wildman–Crippen LogP) is 3.13. The minimum Gasteiger partial charge on any atom is -0.488 e. The molecule has 0 aliphatic heterocycles. The normalized spacial score (nSPS) is 10.8. The number of hydrogen-bond acceptors (Lipinski definition) is 7. The number of anilines is 1. The zero-order valence-electron chi connectivity index (χ0n) is 17.1. The van der Waals surface area contributed by atoms with Crippen molar-refractivity contribution in [1.82, 2.24) is 9.97 Å². The number of H-pyrrole nitrogens is 1. The molecule has 10 heteroatoms. The van der Waals surface area contributed by atoms with Crippen LogP contribution in [0, 0.1) is 10.1 Å². The Kier molecular flexibility index (Phi) is 6.96. The Morgan fingerprint density at radius 1 is 1.19 bits per heavy atom. The number of aromatic hydroxyl groups is 1. The van der Waals surface area contributed by atoms with Crippen LogP contribution >= 0.6 is 0 Å². The maximum Gasteiger partial charge on any atom is 0.395 e. The first-order chi connectivity index (χ1) is 15.4. The summed E-state index contributed by atoms with van der Waals surface area (Å²) in [6.07, 6.45) is 3.89. The molecule has 0 saturated carbocycles. The molecule has 164 valence electrons. The fourth-order valence-electron chi connectivity index (χ4n) is 2.74. The van der Waals surface area contributed by atoms with Crippen LogP contribution in [0.4, 0.5) is 11.4 Å². The molecule has 3 N–H and O–H groups in total. The Balaban J connectivity index is 1.56. The number of nitrogens with zero attached hydrogens (tertiary/aromatic N) is 2. The van der Waals surface area contributed by atoms with Gasteiger partial charge in [-0.25, -0.2) is 0 Å². The molecule has 0 spiro atoms. The van der Waals surface area contributed by atoms with Gasteiger partial charge in [0.1, 0.15) is 11.6 Å². The number of benzene rings is 2. The molecule has 0 aliphatic carbocycles. The fourth-order valence-corrected chi connectivity index (χ4v) is 2.74. The lowest BCUT2D eigenvalue weighted by Gasteiger charge is -2.08. The average molecular weight is 436 g/mol. The Hall–Kier alpha value is -4.47. The molecule has 10 nitrogen and oxygen atoms in total. The van der Waals surface area contributed by atoms with Crippen molar-refractivity contribution in [2.24, 2.45) is 0 Å². The lowest BCUT2D eigenvalue weighted by molar-refractivity contribution is -0.387. The van der Waals surface area contributed by atoms with Gasteiger partial charge in [-0.3, -0.25) is 19.7 Å². The summed E-state index contributed by atoms with van der Waals surface area (Å²) in [6.45, 7) is 1.90. The van der Waals surface area contributed by atoms with Crippen LogP contribution < -0.4 is 15.6 Å². The number of aryl methyl sites for hydroxylation is 1. The van der Waals surface area contributed by atoms with E-state index in [-0.39, 0.29) is 18.3 Å². The molecule has 1 heterocycles. The first-order valence-electron chi connectivity index (χ1n) is 9.63. The van der Waals surface area contributed by atoms with Crippen LogP contribution in [-0.2, 0) is 11.2 Å². The second-order valence-corrected chi connectivity index (χ2v) is 6.67. The molecular weight excluding hydrogens is 416 g/mol. The number of amides is 1. The highest BCUT2D eigenvalue weighted by Gasteiger charge is 2.21. The second-order valence-electron chi connectivity index (χ2n) is 6.67. The lowest BCUT2D eigenvalue weighted by atomic mass is 10.1. The Morgan fingerprint density at radius 3 is 2.47 bits per heavy atom. The third-order valence-electron chi connectivity index (χ3n) is 4.41. The molecule has 0 saturated heterocycles. The molecule has 0 bridgehead atoms. The molecule has 3 rings (SSSR count). The van der Waals surface area contributed by atoms with E-state index in [1.165, 1.54) is 11.6 Å². The first-order valence-corrected chi connectivity index (χ1v) is 9.63. The van der Waals surface area contributed by atoms with Crippen molar-refractivity contribution in [3.05, 3.63) is 86.0 Å². The number of aromatic nitrogens is 2. The van der Waals surface area contributed by atoms with E-state index < -0.39 is 22.0 Å². The number of carbonyl (C=O) groups is 1. The van der Waals surface area contributed by atoms with Crippen molar-refractivity contribution < 1.29 is 19.6 Å². The quantitative estimate of drug-likeness (QED) is 0.363. The van der Waals surface area contributed by atoms with E-state index in [9.17, 15) is 24.8 Å². The smallest absolute Gasteiger partial charge is 0.395 e. The first kappa shape index (κ1) is 22.2. The molecule has 3 aromatic rings. The number of aromatic amines is 1. The highest BCUT2D eigenvalue weighted by Crippen LogP contribution is 2.18. The summed E-state index contributed by atoms with van der Waals surface area (Å²) in [7, 11) is 0. The van der Waals surface area contributed by atoms with Gasteiger partial charge in [0.2, 0.25) is 0 Å². The van der Waals surface area contributed by atoms with E-state index in [0.29, 0.717) is 17.0 Å². The Labute approximate surface area is 182 Å². The third-order valence-corrected chi connectivity index (χ3v) is 4.41. The van der Waals surface area contributed by atoms with Crippen LogP contribution in [0.25, 0.3) is 12.2 Å². The molecule has 0 aliphatic rings. The van der Waals surface area contributed by atoms with Crippen molar-refractivity contribution in [2.75, 3.05) is 11.9 Å². The van der Waals surface area contributed by atoms with Gasteiger partial charge in [0.15, 0.2) is 6.61 Å². The van der Waals surface area contributed by atoms with Gasteiger partial charge in [-0.15, -0.1) is 0 Å². The molecule has 32 heavy (non-hydrogen) atoms. The number of nitro groups is 1. The topological polar surface area (TPSA) is 147 Å². The maximum absolute atomic E-state index is 12.0. The van der Waals surface area contributed by atoms with Gasteiger partial charge in [0.05, 0.1) is 4.92 Å². The molecule has 0 radical (unpaired) electrons. The fraction of sp³-hybridized carbons (Fsp3) is 0.136. The summed E-state index contributed by atoms with van der Waals surface area (Å²) in [5.74, 6) is -0.798. The van der Waals surface area contributed by atoms with Crippen molar-refractivity contribution in [3.8, 4) is 11.6 Å². The molecular formula is C22H20N4O6. The Morgan fingerprint density at radius 2 is 1.88 bits per heavy atom. The van der Waals surface area contributed by atoms with E-state index in [1.54, 1.807) is 30.3 Å². The molecule has 0 fully saturated rings. The van der Waals surface area contributed by atoms with Crippen molar-refractivity contribution in [3.63, 3.8) is 0 Å². The summed E-state index contributed by atoms with van der Waals surface area (Å²) in [4.78, 5) is 39.2. The average Bonchev–Trinajstić information content (AvgIpc) is 2.77. The van der Waals surface area contributed by atoms with Gasteiger partial charge >= 0.3 is 11.2 Å². The standard InChI is InChI=1S/C22H20N4O6/c1-2-14-3-8-16(9-4-14)23-19(27)13-32-17-10-5-15(6-11-17)7-12-18-24-21(28)20(26(30)31)22(29)25-18/h3-12H,2,13H2,1H3,(H,23,27)(H2,24,25,28,29)/b12-7+. The van der Waals surface area contributed by atoms with Gasteiger partial charge in [-0.05, 0) is 47.9 Å².